The molecule has 0 spiro atoms. The van der Waals surface area contributed by atoms with Gasteiger partial charge < -0.3 is 9.67 Å². The van der Waals surface area contributed by atoms with Crippen LogP contribution >= 0.6 is 11.8 Å². The molecule has 20 heavy (non-hydrogen) atoms. The van der Waals surface area contributed by atoms with Crippen LogP contribution in [-0.2, 0) is 25.6 Å². The number of halogens is 3. The molecule has 2 rings (SSSR count). The number of benzene rings is 1. The van der Waals surface area contributed by atoms with E-state index in [9.17, 15) is 13.2 Å². The van der Waals surface area contributed by atoms with Gasteiger partial charge in [-0.2, -0.15) is 13.2 Å². The number of imidazole rings is 1. The predicted octanol–water partition coefficient (Wildman–Crippen LogP) is 3.22. The van der Waals surface area contributed by atoms with Crippen molar-refractivity contribution >= 4 is 11.8 Å². The Morgan fingerprint density at radius 1 is 1.35 bits per heavy atom. The summed E-state index contributed by atoms with van der Waals surface area (Å²) in [5.41, 5.74) is 0.599. The van der Waals surface area contributed by atoms with Gasteiger partial charge in [0.2, 0.25) is 0 Å². The number of hydrogen-bond donors (Lipinski definition) is 1. The number of alkyl halides is 3. The number of thioether (sulfide) groups is 1. The molecular formula is C13H13F3N2OS. The van der Waals surface area contributed by atoms with E-state index in [2.05, 4.69) is 4.98 Å². The van der Waals surface area contributed by atoms with Crippen molar-refractivity contribution < 1.29 is 18.3 Å². The molecule has 3 nitrogen and oxygen atoms in total. The van der Waals surface area contributed by atoms with Crippen LogP contribution in [0.1, 0.15) is 16.8 Å². The van der Waals surface area contributed by atoms with Gasteiger partial charge in [-0.3, -0.25) is 0 Å². The standard InChI is InChI=1S/C13H13F3N2OS/c1-18-11(7-19)6-17-12(18)20-8-9-3-2-4-10(5-9)13(14,15)16/h2-6,19H,7-8H2,1H3. The van der Waals surface area contributed by atoms with E-state index in [1.165, 1.54) is 17.8 Å². The van der Waals surface area contributed by atoms with Gasteiger partial charge >= 0.3 is 6.18 Å². The number of aromatic nitrogens is 2. The molecule has 0 bridgehead atoms. The van der Waals surface area contributed by atoms with Crippen LogP contribution in [0, 0.1) is 0 Å². The highest BCUT2D eigenvalue weighted by Gasteiger charge is 2.30. The van der Waals surface area contributed by atoms with Crippen molar-refractivity contribution in [1.29, 1.82) is 0 Å². The minimum Gasteiger partial charge on any atom is -0.390 e. The summed E-state index contributed by atoms with van der Waals surface area (Å²) in [7, 11) is 1.76. The lowest BCUT2D eigenvalue weighted by Crippen LogP contribution is -2.05. The molecule has 1 aromatic carbocycles. The van der Waals surface area contributed by atoms with E-state index in [-0.39, 0.29) is 6.61 Å². The molecule has 0 aliphatic carbocycles. The summed E-state index contributed by atoms with van der Waals surface area (Å²) < 4.78 is 39.5. The third-order valence-electron chi connectivity index (χ3n) is 2.83. The number of hydrogen-bond acceptors (Lipinski definition) is 3. The SMILES string of the molecule is Cn1c(CO)cnc1SCc1cccc(C(F)(F)F)c1. The molecule has 0 saturated carbocycles. The minimum atomic E-state index is -4.33. The Labute approximate surface area is 118 Å². The van der Waals surface area contributed by atoms with Crippen molar-refractivity contribution in [2.75, 3.05) is 0 Å². The van der Waals surface area contributed by atoms with E-state index >= 15 is 0 Å². The first-order valence-corrected chi connectivity index (χ1v) is 6.80. The van der Waals surface area contributed by atoms with Gasteiger partial charge in [-0.15, -0.1) is 0 Å². The van der Waals surface area contributed by atoms with Crippen LogP contribution in [0.15, 0.2) is 35.6 Å². The van der Waals surface area contributed by atoms with E-state index in [0.717, 1.165) is 12.1 Å². The zero-order valence-electron chi connectivity index (χ0n) is 10.7. The molecule has 108 valence electrons. The molecular weight excluding hydrogens is 289 g/mol. The Morgan fingerprint density at radius 3 is 2.70 bits per heavy atom. The first kappa shape index (κ1) is 14.9. The molecule has 1 heterocycles. The fraction of sp³-hybridized carbons (Fsp3) is 0.308. The van der Waals surface area contributed by atoms with Crippen LogP contribution in [0.4, 0.5) is 13.2 Å². The second-order valence-electron chi connectivity index (χ2n) is 4.24. The fourth-order valence-electron chi connectivity index (χ4n) is 1.69. The number of nitrogens with zero attached hydrogens (tertiary/aromatic N) is 2. The lowest BCUT2D eigenvalue weighted by molar-refractivity contribution is -0.137. The largest absolute Gasteiger partial charge is 0.416 e. The molecule has 0 aliphatic rings. The molecule has 0 fully saturated rings. The lowest BCUT2D eigenvalue weighted by Gasteiger charge is -2.08. The minimum absolute atomic E-state index is 0.117. The van der Waals surface area contributed by atoms with Crippen molar-refractivity contribution in [3.8, 4) is 0 Å². The molecule has 0 saturated heterocycles. The second kappa shape index (κ2) is 5.88. The summed E-state index contributed by atoms with van der Waals surface area (Å²) in [5.74, 6) is 0.389. The summed E-state index contributed by atoms with van der Waals surface area (Å²) in [6.45, 7) is -0.117. The van der Waals surface area contributed by atoms with Gasteiger partial charge in [-0.25, -0.2) is 4.98 Å². The Kier molecular flexibility index (Phi) is 4.39. The molecule has 7 heteroatoms. The molecule has 2 aromatic rings. The van der Waals surface area contributed by atoms with Crippen molar-refractivity contribution in [1.82, 2.24) is 9.55 Å². The van der Waals surface area contributed by atoms with Gasteiger partial charge in [-0.1, -0.05) is 30.0 Å². The molecule has 1 aromatic heterocycles. The Hall–Kier alpha value is -1.47. The van der Waals surface area contributed by atoms with Gasteiger partial charge in [0.05, 0.1) is 24.1 Å². The average molecular weight is 302 g/mol. The van der Waals surface area contributed by atoms with Crippen molar-refractivity contribution in [2.24, 2.45) is 7.05 Å². The smallest absolute Gasteiger partial charge is 0.390 e. The molecule has 1 N–H and O–H groups in total. The van der Waals surface area contributed by atoms with E-state index in [1.807, 2.05) is 0 Å². The first-order valence-electron chi connectivity index (χ1n) is 5.82. The summed E-state index contributed by atoms with van der Waals surface area (Å²) in [4.78, 5) is 4.12. The van der Waals surface area contributed by atoms with Crippen LogP contribution in [0.3, 0.4) is 0 Å². The zero-order valence-corrected chi connectivity index (χ0v) is 11.5. The zero-order chi connectivity index (χ0) is 14.8. The fourth-order valence-corrected chi connectivity index (χ4v) is 2.61. The molecule has 0 aliphatic heterocycles. The van der Waals surface area contributed by atoms with Gasteiger partial charge in [0.1, 0.15) is 0 Å². The summed E-state index contributed by atoms with van der Waals surface area (Å²) in [6, 6.07) is 5.25. The molecule has 0 atom stereocenters. The van der Waals surface area contributed by atoms with E-state index < -0.39 is 11.7 Å². The van der Waals surface area contributed by atoms with Crippen LogP contribution in [-0.4, -0.2) is 14.7 Å². The van der Waals surface area contributed by atoms with Gasteiger partial charge in [0, 0.05) is 12.8 Å². The maximum absolute atomic E-state index is 12.6. The first-order chi connectivity index (χ1) is 9.41. The van der Waals surface area contributed by atoms with Gasteiger partial charge in [0.25, 0.3) is 0 Å². The average Bonchev–Trinajstić information content (AvgIpc) is 2.76. The maximum atomic E-state index is 12.6. The van der Waals surface area contributed by atoms with Crippen molar-refractivity contribution in [3.63, 3.8) is 0 Å². The Balaban J connectivity index is 2.09. The summed E-state index contributed by atoms with van der Waals surface area (Å²) in [5, 5.41) is 9.71. The van der Waals surface area contributed by atoms with Crippen LogP contribution < -0.4 is 0 Å². The number of aliphatic hydroxyl groups is 1. The van der Waals surface area contributed by atoms with Crippen LogP contribution in [0.5, 0.6) is 0 Å². The molecule has 0 radical (unpaired) electrons. The molecule has 0 unspecified atom stereocenters. The van der Waals surface area contributed by atoms with Crippen LogP contribution in [0.25, 0.3) is 0 Å². The lowest BCUT2D eigenvalue weighted by atomic mass is 10.1. The predicted molar refractivity (Wildman–Crippen MR) is 70.1 cm³/mol. The van der Waals surface area contributed by atoms with Gasteiger partial charge in [-0.05, 0) is 11.6 Å². The van der Waals surface area contributed by atoms with Crippen molar-refractivity contribution in [2.45, 2.75) is 23.7 Å². The number of rotatable bonds is 4. The van der Waals surface area contributed by atoms with E-state index in [4.69, 9.17) is 5.11 Å². The van der Waals surface area contributed by atoms with Gasteiger partial charge in [0.15, 0.2) is 5.16 Å². The van der Waals surface area contributed by atoms with Crippen molar-refractivity contribution in [3.05, 3.63) is 47.3 Å². The van der Waals surface area contributed by atoms with E-state index in [0.29, 0.717) is 22.2 Å². The highest BCUT2D eigenvalue weighted by molar-refractivity contribution is 7.98. The third-order valence-corrected chi connectivity index (χ3v) is 3.94. The quantitative estimate of drug-likeness (QED) is 0.881. The number of aliphatic hydroxyl groups excluding tert-OH is 1. The maximum Gasteiger partial charge on any atom is 0.416 e. The Bertz CT molecular complexity index is 596. The molecule has 0 amide bonds. The highest BCUT2D eigenvalue weighted by Crippen LogP contribution is 2.31. The summed E-state index contributed by atoms with van der Waals surface area (Å²) in [6.07, 6.45) is -2.78. The Morgan fingerprint density at radius 2 is 2.10 bits per heavy atom. The topological polar surface area (TPSA) is 38.0 Å². The third kappa shape index (κ3) is 3.34. The van der Waals surface area contributed by atoms with E-state index in [1.54, 1.807) is 23.9 Å². The monoisotopic (exact) mass is 302 g/mol. The summed E-state index contributed by atoms with van der Waals surface area (Å²) >= 11 is 1.33. The normalized spacial score (nSPS) is 11.8. The second-order valence-corrected chi connectivity index (χ2v) is 5.18. The van der Waals surface area contributed by atoms with Crippen LogP contribution in [0.2, 0.25) is 0 Å². The highest BCUT2D eigenvalue weighted by atomic mass is 32.2.